The van der Waals surface area contributed by atoms with Crippen molar-refractivity contribution in [1.29, 1.82) is 0 Å². The summed E-state index contributed by atoms with van der Waals surface area (Å²) in [6, 6.07) is 6.17. The normalized spacial score (nSPS) is 22.5. The Morgan fingerprint density at radius 1 is 1.53 bits per heavy atom. The van der Waals surface area contributed by atoms with Crippen molar-refractivity contribution in [2.45, 2.75) is 43.9 Å². The maximum absolute atomic E-state index is 10.8. The topological polar surface area (TPSA) is 30.0 Å². The van der Waals surface area contributed by atoms with Gasteiger partial charge in [0, 0.05) is 22.1 Å². The molecule has 0 saturated carbocycles. The first-order valence-electron chi connectivity index (χ1n) is 6.77. The molecule has 1 unspecified atom stereocenters. The quantitative estimate of drug-likeness (QED) is 0.619. The number of hydrogen-bond acceptors (Lipinski definition) is 2. The molecule has 1 aliphatic rings. The molecule has 0 fully saturated rings. The van der Waals surface area contributed by atoms with Gasteiger partial charge < -0.3 is 0 Å². The summed E-state index contributed by atoms with van der Waals surface area (Å²) in [6.45, 7) is 4.26. The van der Waals surface area contributed by atoms with Gasteiger partial charge >= 0.3 is 0 Å². The van der Waals surface area contributed by atoms with Crippen LogP contribution in [0.15, 0.2) is 29.8 Å². The SMILES string of the molecule is Cc1cccc(CC(C)(Br)[C@@H]2CC=C(C=O)CC2)n1. The zero-order chi connectivity index (χ0) is 13.9. The number of halogens is 1. The number of aromatic nitrogens is 1. The van der Waals surface area contributed by atoms with Gasteiger partial charge in [0.25, 0.3) is 0 Å². The van der Waals surface area contributed by atoms with Crippen molar-refractivity contribution in [2.75, 3.05) is 0 Å². The van der Waals surface area contributed by atoms with Crippen molar-refractivity contribution >= 4 is 22.2 Å². The minimum Gasteiger partial charge on any atom is -0.298 e. The molecule has 1 aromatic rings. The summed E-state index contributed by atoms with van der Waals surface area (Å²) in [5.74, 6) is 0.554. The largest absolute Gasteiger partial charge is 0.298 e. The van der Waals surface area contributed by atoms with E-state index in [0.717, 1.165) is 48.9 Å². The number of aldehydes is 1. The van der Waals surface area contributed by atoms with Crippen molar-refractivity contribution in [3.05, 3.63) is 41.2 Å². The molecule has 3 heteroatoms. The van der Waals surface area contributed by atoms with Crippen LogP contribution in [0, 0.1) is 12.8 Å². The monoisotopic (exact) mass is 321 g/mol. The van der Waals surface area contributed by atoms with Gasteiger partial charge in [0.15, 0.2) is 0 Å². The van der Waals surface area contributed by atoms with E-state index in [1.54, 1.807) is 0 Å². The van der Waals surface area contributed by atoms with E-state index in [4.69, 9.17) is 0 Å². The van der Waals surface area contributed by atoms with Crippen LogP contribution < -0.4 is 0 Å². The van der Waals surface area contributed by atoms with Gasteiger partial charge in [-0.3, -0.25) is 9.78 Å². The van der Waals surface area contributed by atoms with E-state index < -0.39 is 0 Å². The van der Waals surface area contributed by atoms with Crippen molar-refractivity contribution in [3.63, 3.8) is 0 Å². The average molecular weight is 322 g/mol. The van der Waals surface area contributed by atoms with Crippen LogP contribution in [0.5, 0.6) is 0 Å². The van der Waals surface area contributed by atoms with Crippen LogP contribution >= 0.6 is 15.9 Å². The predicted molar refractivity (Wildman–Crippen MR) is 81.5 cm³/mol. The summed E-state index contributed by atoms with van der Waals surface area (Å²) in [6.07, 6.45) is 6.94. The molecule has 2 rings (SSSR count). The number of hydrogen-bond donors (Lipinski definition) is 0. The third kappa shape index (κ3) is 3.75. The van der Waals surface area contributed by atoms with Gasteiger partial charge in [-0.05, 0) is 56.7 Å². The Hall–Kier alpha value is -0.960. The fourth-order valence-corrected chi connectivity index (χ4v) is 3.41. The van der Waals surface area contributed by atoms with Gasteiger partial charge in [-0.15, -0.1) is 0 Å². The van der Waals surface area contributed by atoms with Crippen molar-refractivity contribution < 1.29 is 4.79 Å². The highest BCUT2D eigenvalue weighted by Crippen LogP contribution is 2.39. The van der Waals surface area contributed by atoms with E-state index >= 15 is 0 Å². The molecule has 0 saturated heterocycles. The molecule has 0 aliphatic heterocycles. The fourth-order valence-electron chi connectivity index (χ4n) is 2.70. The Labute approximate surface area is 123 Å². The van der Waals surface area contributed by atoms with E-state index in [0.29, 0.717) is 5.92 Å². The van der Waals surface area contributed by atoms with Crippen molar-refractivity contribution in [2.24, 2.45) is 5.92 Å². The number of rotatable bonds is 4. The standard InChI is InChI=1S/C16H20BrNO/c1-12-4-3-5-15(18-12)10-16(2,17)14-8-6-13(11-19)7-9-14/h3-6,11,14H,7-10H2,1-2H3/t14-,16?/m1/s1. The van der Waals surface area contributed by atoms with Gasteiger partial charge in [0.05, 0.1) is 0 Å². The maximum atomic E-state index is 10.8. The first-order chi connectivity index (χ1) is 9.01. The molecule has 19 heavy (non-hydrogen) atoms. The number of aryl methyl sites for hydroxylation is 1. The lowest BCUT2D eigenvalue weighted by atomic mass is 9.79. The van der Waals surface area contributed by atoms with E-state index in [-0.39, 0.29) is 4.32 Å². The molecule has 0 bridgehead atoms. The highest BCUT2D eigenvalue weighted by Gasteiger charge is 2.32. The number of carbonyl (C=O) groups is 1. The fraction of sp³-hybridized carbons (Fsp3) is 0.500. The number of carbonyl (C=O) groups excluding carboxylic acids is 1. The molecule has 0 amide bonds. The van der Waals surface area contributed by atoms with Crippen LogP contribution in [-0.2, 0) is 11.2 Å². The number of nitrogens with zero attached hydrogens (tertiary/aromatic N) is 1. The lowest BCUT2D eigenvalue weighted by Crippen LogP contribution is -2.32. The Kier molecular flexibility index (Phi) is 4.56. The Morgan fingerprint density at radius 3 is 2.89 bits per heavy atom. The summed E-state index contributed by atoms with van der Waals surface area (Å²) in [5.41, 5.74) is 3.14. The number of alkyl halides is 1. The van der Waals surface area contributed by atoms with Gasteiger partial charge in [-0.2, -0.15) is 0 Å². The van der Waals surface area contributed by atoms with Gasteiger partial charge in [-0.1, -0.05) is 28.1 Å². The minimum absolute atomic E-state index is 0.0404. The lowest BCUT2D eigenvalue weighted by Gasteiger charge is -2.34. The second kappa shape index (κ2) is 6.00. The lowest BCUT2D eigenvalue weighted by molar-refractivity contribution is -0.105. The van der Waals surface area contributed by atoms with Crippen LogP contribution in [0.3, 0.4) is 0 Å². The molecule has 102 valence electrons. The highest BCUT2D eigenvalue weighted by atomic mass is 79.9. The molecular weight excluding hydrogens is 302 g/mol. The van der Waals surface area contributed by atoms with E-state index in [9.17, 15) is 4.79 Å². The summed E-state index contributed by atoms with van der Waals surface area (Å²) in [5, 5.41) is 0. The van der Waals surface area contributed by atoms with Crippen LogP contribution in [0.4, 0.5) is 0 Å². The molecule has 0 aromatic carbocycles. The first-order valence-corrected chi connectivity index (χ1v) is 7.56. The smallest absolute Gasteiger partial charge is 0.145 e. The molecule has 1 aromatic heterocycles. The zero-order valence-corrected chi connectivity index (χ0v) is 13.1. The Balaban J connectivity index is 2.06. The van der Waals surface area contributed by atoms with Crippen LogP contribution in [-0.4, -0.2) is 15.6 Å². The van der Waals surface area contributed by atoms with Crippen LogP contribution in [0.1, 0.15) is 37.6 Å². The first kappa shape index (κ1) is 14.4. The summed E-state index contributed by atoms with van der Waals surface area (Å²) >= 11 is 3.89. The second-order valence-electron chi connectivity index (χ2n) is 5.59. The number of pyridine rings is 1. The summed E-state index contributed by atoms with van der Waals surface area (Å²) < 4.78 is 0.0404. The summed E-state index contributed by atoms with van der Waals surface area (Å²) in [4.78, 5) is 15.3. The second-order valence-corrected chi connectivity index (χ2v) is 7.40. The maximum Gasteiger partial charge on any atom is 0.145 e. The van der Waals surface area contributed by atoms with Gasteiger partial charge in [0.1, 0.15) is 6.29 Å². The van der Waals surface area contributed by atoms with Crippen LogP contribution in [0.2, 0.25) is 0 Å². The number of allylic oxidation sites excluding steroid dienone is 2. The van der Waals surface area contributed by atoms with Crippen molar-refractivity contribution in [3.8, 4) is 0 Å². The zero-order valence-electron chi connectivity index (χ0n) is 11.5. The minimum atomic E-state index is 0.0404. The summed E-state index contributed by atoms with van der Waals surface area (Å²) in [7, 11) is 0. The molecule has 2 nitrogen and oxygen atoms in total. The molecule has 1 aliphatic carbocycles. The van der Waals surface area contributed by atoms with E-state index in [2.05, 4.69) is 46.0 Å². The Morgan fingerprint density at radius 2 is 2.32 bits per heavy atom. The molecule has 2 atom stereocenters. The molecule has 0 spiro atoms. The van der Waals surface area contributed by atoms with Gasteiger partial charge in [-0.25, -0.2) is 0 Å². The van der Waals surface area contributed by atoms with Gasteiger partial charge in [0.2, 0.25) is 0 Å². The predicted octanol–water partition coefficient (Wildman–Crippen LogP) is 4.01. The van der Waals surface area contributed by atoms with Crippen LogP contribution in [0.25, 0.3) is 0 Å². The highest BCUT2D eigenvalue weighted by molar-refractivity contribution is 9.10. The average Bonchev–Trinajstić information content (AvgIpc) is 2.38. The third-order valence-corrected chi connectivity index (χ3v) is 4.85. The Bertz CT molecular complexity index is 493. The van der Waals surface area contributed by atoms with E-state index in [1.807, 2.05) is 13.0 Å². The molecule has 1 heterocycles. The molecule has 0 N–H and O–H groups in total. The molecule has 0 radical (unpaired) electrons. The third-order valence-electron chi connectivity index (χ3n) is 3.92. The molecular formula is C16H20BrNO. The van der Waals surface area contributed by atoms with E-state index in [1.165, 1.54) is 0 Å². The van der Waals surface area contributed by atoms with Crippen molar-refractivity contribution in [1.82, 2.24) is 4.98 Å².